The highest BCUT2D eigenvalue weighted by atomic mass is 16.6. The molecule has 4 heteroatoms. The fourth-order valence-corrected chi connectivity index (χ4v) is 5.98. The molecule has 2 unspecified atom stereocenters. The Kier molecular flexibility index (Phi) is 6.79. The zero-order valence-electron chi connectivity index (χ0n) is 20.3. The molecule has 0 amide bonds. The number of epoxide rings is 2. The van der Waals surface area contributed by atoms with Gasteiger partial charge in [-0.25, -0.2) is 0 Å². The van der Waals surface area contributed by atoms with Gasteiger partial charge >= 0.3 is 0 Å². The average Bonchev–Trinajstić information content (AvgIpc) is 3.83. The van der Waals surface area contributed by atoms with E-state index < -0.39 is 0 Å². The summed E-state index contributed by atoms with van der Waals surface area (Å²) in [5, 5.41) is 0. The molecule has 4 nitrogen and oxygen atoms in total. The lowest BCUT2D eigenvalue weighted by atomic mass is 9.75. The predicted octanol–water partition coefficient (Wildman–Crippen LogP) is 6.73. The maximum Gasteiger partial charge on any atom is 0.122 e. The zero-order valence-corrected chi connectivity index (χ0v) is 20.3. The largest absolute Gasteiger partial charge is 0.491 e. The van der Waals surface area contributed by atoms with Crippen LogP contribution in [0, 0.1) is 0 Å². The fourth-order valence-electron chi connectivity index (χ4n) is 5.98. The molecule has 2 saturated carbocycles. The zero-order chi connectivity index (χ0) is 22.7. The van der Waals surface area contributed by atoms with Crippen LogP contribution in [-0.4, -0.2) is 38.6 Å². The van der Waals surface area contributed by atoms with Crippen molar-refractivity contribution in [2.24, 2.45) is 0 Å². The third-order valence-electron chi connectivity index (χ3n) is 8.29. The molecule has 4 fully saturated rings. The van der Waals surface area contributed by atoms with Crippen LogP contribution in [0.25, 0.3) is 0 Å². The molecular weight excluding hydrogens is 424 g/mol. The predicted molar refractivity (Wildman–Crippen MR) is 133 cm³/mol. The van der Waals surface area contributed by atoms with Crippen LogP contribution < -0.4 is 9.47 Å². The molecule has 4 aliphatic rings. The molecule has 0 radical (unpaired) electrons. The van der Waals surface area contributed by atoms with Gasteiger partial charge in [0.1, 0.15) is 36.9 Å². The minimum atomic E-state index is 0.307. The number of ether oxygens (including phenoxy) is 4. The topological polar surface area (TPSA) is 43.5 Å². The van der Waals surface area contributed by atoms with Crippen molar-refractivity contribution in [2.75, 3.05) is 26.4 Å². The van der Waals surface area contributed by atoms with Crippen LogP contribution in [-0.2, 0) is 9.47 Å². The molecule has 182 valence electrons. The number of hydrogen-bond donors (Lipinski definition) is 0. The standard InChI is InChI=1S/C30H38O4/c1-2-4-24(5-3-1)29-16-25(12-15-30(29)34-20-28-19-33-28)23-8-6-21(7-9-23)22-10-13-26(14-11-22)31-17-27-18-32-27/h10-16,21,23-24,27-28H,1-9,17-20H2. The number of benzene rings is 2. The van der Waals surface area contributed by atoms with Gasteiger partial charge in [0.15, 0.2) is 0 Å². The number of hydrogen-bond acceptors (Lipinski definition) is 4. The molecule has 0 bridgehead atoms. The van der Waals surface area contributed by atoms with E-state index in [9.17, 15) is 0 Å². The van der Waals surface area contributed by atoms with Crippen LogP contribution >= 0.6 is 0 Å². The first-order chi connectivity index (χ1) is 16.8. The van der Waals surface area contributed by atoms with E-state index >= 15 is 0 Å². The van der Waals surface area contributed by atoms with E-state index in [4.69, 9.17) is 18.9 Å². The summed E-state index contributed by atoms with van der Waals surface area (Å²) in [4.78, 5) is 0. The normalized spacial score (nSPS) is 28.9. The lowest BCUT2D eigenvalue weighted by Gasteiger charge is -2.31. The van der Waals surface area contributed by atoms with Crippen LogP contribution in [0.1, 0.15) is 92.2 Å². The highest BCUT2D eigenvalue weighted by Crippen LogP contribution is 2.44. The van der Waals surface area contributed by atoms with Crippen molar-refractivity contribution in [2.45, 2.75) is 87.7 Å². The Morgan fingerprint density at radius 3 is 1.85 bits per heavy atom. The van der Waals surface area contributed by atoms with Crippen LogP contribution in [0.2, 0.25) is 0 Å². The smallest absolute Gasteiger partial charge is 0.122 e. The summed E-state index contributed by atoms with van der Waals surface area (Å²) in [6.45, 7) is 3.06. The molecule has 2 aromatic carbocycles. The van der Waals surface area contributed by atoms with Gasteiger partial charge in [-0.05, 0) is 91.2 Å². The molecule has 0 spiro atoms. The summed E-state index contributed by atoms with van der Waals surface area (Å²) >= 11 is 0. The Hall–Kier alpha value is -2.04. The maximum atomic E-state index is 6.23. The Morgan fingerprint density at radius 2 is 1.21 bits per heavy atom. The van der Waals surface area contributed by atoms with Crippen molar-refractivity contribution >= 4 is 0 Å². The summed E-state index contributed by atoms with van der Waals surface area (Å²) in [6, 6.07) is 15.9. The first-order valence-corrected chi connectivity index (χ1v) is 13.5. The van der Waals surface area contributed by atoms with E-state index in [1.807, 2.05) is 0 Å². The highest BCUT2D eigenvalue weighted by Gasteiger charge is 2.28. The Morgan fingerprint density at radius 1 is 0.618 bits per heavy atom. The maximum absolute atomic E-state index is 6.23. The van der Waals surface area contributed by atoms with E-state index in [1.54, 1.807) is 0 Å². The molecule has 0 aromatic heterocycles. The molecule has 2 aromatic rings. The monoisotopic (exact) mass is 462 g/mol. The lowest BCUT2D eigenvalue weighted by Crippen LogP contribution is -2.14. The molecule has 34 heavy (non-hydrogen) atoms. The summed E-state index contributed by atoms with van der Waals surface area (Å²) in [6.07, 6.45) is 12.4. The van der Waals surface area contributed by atoms with Gasteiger partial charge in [0, 0.05) is 0 Å². The third kappa shape index (κ3) is 5.60. The van der Waals surface area contributed by atoms with Gasteiger partial charge in [0.2, 0.25) is 0 Å². The first-order valence-electron chi connectivity index (χ1n) is 13.5. The van der Waals surface area contributed by atoms with Gasteiger partial charge in [-0.3, -0.25) is 0 Å². The quantitative estimate of drug-likeness (QED) is 0.388. The molecule has 2 atom stereocenters. The highest BCUT2D eigenvalue weighted by molar-refractivity contribution is 5.42. The van der Waals surface area contributed by atoms with Crippen molar-refractivity contribution in [3.05, 3.63) is 59.2 Å². The molecule has 2 heterocycles. The Bertz CT molecular complexity index is 933. The van der Waals surface area contributed by atoms with Crippen molar-refractivity contribution in [3.63, 3.8) is 0 Å². The van der Waals surface area contributed by atoms with Crippen molar-refractivity contribution in [1.29, 1.82) is 0 Å². The van der Waals surface area contributed by atoms with E-state index in [0.29, 0.717) is 43.2 Å². The molecule has 0 N–H and O–H groups in total. The molecule has 2 aliphatic carbocycles. The van der Waals surface area contributed by atoms with Gasteiger partial charge in [-0.1, -0.05) is 43.5 Å². The van der Waals surface area contributed by atoms with Crippen molar-refractivity contribution in [1.82, 2.24) is 0 Å². The van der Waals surface area contributed by atoms with E-state index in [2.05, 4.69) is 42.5 Å². The van der Waals surface area contributed by atoms with Gasteiger partial charge in [0.05, 0.1) is 13.2 Å². The summed E-state index contributed by atoms with van der Waals surface area (Å²) in [5.41, 5.74) is 4.45. The van der Waals surface area contributed by atoms with E-state index in [1.165, 1.54) is 74.5 Å². The van der Waals surface area contributed by atoms with Gasteiger partial charge < -0.3 is 18.9 Å². The Labute approximate surface area is 203 Å². The van der Waals surface area contributed by atoms with Crippen LogP contribution in [0.4, 0.5) is 0 Å². The average molecular weight is 463 g/mol. The lowest BCUT2D eigenvalue weighted by molar-refractivity contribution is 0.258. The minimum absolute atomic E-state index is 0.307. The first kappa shape index (κ1) is 22.4. The second-order valence-corrected chi connectivity index (χ2v) is 10.8. The fraction of sp³-hybridized carbons (Fsp3) is 0.600. The summed E-state index contributed by atoms with van der Waals surface area (Å²) < 4.78 is 22.6. The number of rotatable bonds is 9. The summed E-state index contributed by atoms with van der Waals surface area (Å²) in [7, 11) is 0. The van der Waals surface area contributed by atoms with E-state index in [-0.39, 0.29) is 0 Å². The van der Waals surface area contributed by atoms with Crippen LogP contribution in [0.5, 0.6) is 11.5 Å². The van der Waals surface area contributed by atoms with Gasteiger partial charge in [0.25, 0.3) is 0 Å². The van der Waals surface area contributed by atoms with Crippen LogP contribution in [0.15, 0.2) is 42.5 Å². The second kappa shape index (κ2) is 10.3. The Balaban J connectivity index is 1.09. The molecular formula is C30H38O4. The van der Waals surface area contributed by atoms with Crippen molar-refractivity contribution < 1.29 is 18.9 Å². The van der Waals surface area contributed by atoms with Crippen LogP contribution in [0.3, 0.4) is 0 Å². The minimum Gasteiger partial charge on any atom is -0.491 e. The molecule has 6 rings (SSSR count). The van der Waals surface area contributed by atoms with Gasteiger partial charge in [-0.2, -0.15) is 0 Å². The van der Waals surface area contributed by atoms with E-state index in [0.717, 1.165) is 24.7 Å². The third-order valence-corrected chi connectivity index (χ3v) is 8.29. The van der Waals surface area contributed by atoms with Gasteiger partial charge in [-0.15, -0.1) is 0 Å². The molecule has 2 saturated heterocycles. The SMILES string of the molecule is c1cc(C2CCC(c3ccc(OCC4CO4)c(C4CCCCC4)c3)CC2)ccc1OCC1CO1. The summed E-state index contributed by atoms with van der Waals surface area (Å²) in [5.74, 6) is 4.05. The second-order valence-electron chi connectivity index (χ2n) is 10.8. The van der Waals surface area contributed by atoms with Crippen molar-refractivity contribution in [3.8, 4) is 11.5 Å². The molecule has 2 aliphatic heterocycles.